The molecule has 162 valence electrons. The Morgan fingerprint density at radius 2 is 1.56 bits per heavy atom. The van der Waals surface area contributed by atoms with Crippen molar-refractivity contribution in [2.45, 2.75) is 0 Å². The van der Waals surface area contributed by atoms with Crippen LogP contribution in [0.2, 0.25) is 0 Å². The average Bonchev–Trinajstić information content (AvgIpc) is 3.21. The lowest BCUT2D eigenvalue weighted by molar-refractivity contribution is 0.0954. The number of H-pyrrole nitrogens is 1. The van der Waals surface area contributed by atoms with Gasteiger partial charge >= 0.3 is 0 Å². The van der Waals surface area contributed by atoms with E-state index in [2.05, 4.69) is 15.5 Å². The van der Waals surface area contributed by atoms with E-state index >= 15 is 0 Å². The zero-order valence-electron chi connectivity index (χ0n) is 18.0. The van der Waals surface area contributed by atoms with Crippen molar-refractivity contribution in [2.75, 3.05) is 21.3 Å². The SMILES string of the molecule is COc1cc(OC)cc(C(=O)N/N=C/c2c(-c3ccccc3)[nH]c3ccc(OC)cc23)c1. The number of fused-ring (bicyclic) bond motifs is 1. The van der Waals surface area contributed by atoms with Gasteiger partial charge in [0, 0.05) is 28.1 Å². The predicted molar refractivity (Wildman–Crippen MR) is 125 cm³/mol. The molecule has 0 radical (unpaired) electrons. The molecule has 0 spiro atoms. The molecule has 0 fully saturated rings. The number of hydrazone groups is 1. The fraction of sp³-hybridized carbons (Fsp3) is 0.120. The second-order valence-corrected chi connectivity index (χ2v) is 6.99. The molecule has 1 heterocycles. The van der Waals surface area contributed by atoms with Gasteiger partial charge in [0.05, 0.1) is 33.2 Å². The Morgan fingerprint density at radius 1 is 0.875 bits per heavy atom. The molecule has 1 amide bonds. The largest absolute Gasteiger partial charge is 0.497 e. The predicted octanol–water partition coefficient (Wildman–Crippen LogP) is 4.62. The average molecular weight is 429 g/mol. The molecule has 0 saturated carbocycles. The second kappa shape index (κ2) is 9.26. The Morgan fingerprint density at radius 3 is 2.22 bits per heavy atom. The molecule has 4 rings (SSSR count). The Balaban J connectivity index is 1.68. The smallest absolute Gasteiger partial charge is 0.271 e. The van der Waals surface area contributed by atoms with Gasteiger partial charge in [0.25, 0.3) is 5.91 Å². The van der Waals surface area contributed by atoms with Gasteiger partial charge in [-0.2, -0.15) is 5.10 Å². The van der Waals surface area contributed by atoms with Crippen LogP contribution in [0.3, 0.4) is 0 Å². The summed E-state index contributed by atoms with van der Waals surface area (Å²) in [5, 5.41) is 5.16. The van der Waals surface area contributed by atoms with Crippen LogP contribution < -0.4 is 19.6 Å². The van der Waals surface area contributed by atoms with E-state index in [1.807, 2.05) is 48.5 Å². The molecule has 0 atom stereocenters. The maximum absolute atomic E-state index is 12.7. The number of aromatic amines is 1. The summed E-state index contributed by atoms with van der Waals surface area (Å²) in [6.45, 7) is 0. The number of methoxy groups -OCH3 is 3. The summed E-state index contributed by atoms with van der Waals surface area (Å²) in [5.74, 6) is 1.40. The molecule has 3 aromatic carbocycles. The van der Waals surface area contributed by atoms with E-state index in [0.29, 0.717) is 17.1 Å². The minimum Gasteiger partial charge on any atom is -0.497 e. The molecule has 7 heteroatoms. The third-order valence-electron chi connectivity index (χ3n) is 5.08. The van der Waals surface area contributed by atoms with Crippen LogP contribution in [-0.2, 0) is 0 Å². The highest BCUT2D eigenvalue weighted by molar-refractivity contribution is 6.06. The fourth-order valence-corrected chi connectivity index (χ4v) is 3.44. The summed E-state index contributed by atoms with van der Waals surface area (Å²) in [4.78, 5) is 16.1. The van der Waals surface area contributed by atoms with E-state index in [0.717, 1.165) is 33.5 Å². The Bertz CT molecular complexity index is 1260. The molecule has 7 nitrogen and oxygen atoms in total. The third kappa shape index (κ3) is 4.27. The van der Waals surface area contributed by atoms with Crippen LogP contribution in [0.25, 0.3) is 22.2 Å². The van der Waals surface area contributed by atoms with E-state index in [-0.39, 0.29) is 5.91 Å². The molecular formula is C25H23N3O4. The van der Waals surface area contributed by atoms with Crippen LogP contribution in [-0.4, -0.2) is 38.4 Å². The van der Waals surface area contributed by atoms with E-state index in [1.54, 1.807) is 31.5 Å². The summed E-state index contributed by atoms with van der Waals surface area (Å²) in [6, 6.07) is 20.7. The molecule has 2 N–H and O–H groups in total. The van der Waals surface area contributed by atoms with E-state index in [4.69, 9.17) is 14.2 Å². The Hall–Kier alpha value is -4.26. The van der Waals surface area contributed by atoms with Crippen molar-refractivity contribution in [3.63, 3.8) is 0 Å². The van der Waals surface area contributed by atoms with Crippen molar-refractivity contribution in [2.24, 2.45) is 5.10 Å². The number of carbonyl (C=O) groups excluding carboxylic acids is 1. The molecule has 0 aliphatic rings. The molecule has 1 aromatic heterocycles. The number of ether oxygens (including phenoxy) is 3. The highest BCUT2D eigenvalue weighted by Crippen LogP contribution is 2.31. The van der Waals surface area contributed by atoms with Gasteiger partial charge in [0.15, 0.2) is 0 Å². The number of nitrogens with one attached hydrogen (secondary N) is 2. The number of rotatable bonds is 7. The van der Waals surface area contributed by atoms with E-state index < -0.39 is 0 Å². The molecule has 4 aromatic rings. The van der Waals surface area contributed by atoms with Gasteiger partial charge in [0.2, 0.25) is 0 Å². The number of aromatic nitrogens is 1. The number of hydrogen-bond acceptors (Lipinski definition) is 5. The number of amides is 1. The van der Waals surface area contributed by atoms with Crippen molar-refractivity contribution in [3.05, 3.63) is 77.9 Å². The summed E-state index contributed by atoms with van der Waals surface area (Å²) in [5.41, 5.74) is 6.65. The van der Waals surface area contributed by atoms with Gasteiger partial charge < -0.3 is 19.2 Å². The normalized spacial score (nSPS) is 11.0. The van der Waals surface area contributed by atoms with Crippen molar-refractivity contribution in [1.82, 2.24) is 10.4 Å². The maximum atomic E-state index is 12.7. The van der Waals surface area contributed by atoms with Gasteiger partial charge in [-0.25, -0.2) is 5.43 Å². The number of benzene rings is 3. The molecule has 0 unspecified atom stereocenters. The highest BCUT2D eigenvalue weighted by atomic mass is 16.5. The minimum absolute atomic E-state index is 0.377. The van der Waals surface area contributed by atoms with Gasteiger partial charge in [-0.1, -0.05) is 30.3 Å². The zero-order chi connectivity index (χ0) is 22.5. The summed E-state index contributed by atoms with van der Waals surface area (Å²) in [6.07, 6.45) is 1.63. The fourth-order valence-electron chi connectivity index (χ4n) is 3.44. The third-order valence-corrected chi connectivity index (χ3v) is 5.08. The van der Waals surface area contributed by atoms with Crippen LogP contribution in [0.15, 0.2) is 71.8 Å². The topological polar surface area (TPSA) is 84.9 Å². The van der Waals surface area contributed by atoms with Gasteiger partial charge in [-0.3, -0.25) is 4.79 Å². The Kier molecular flexibility index (Phi) is 6.07. The summed E-state index contributed by atoms with van der Waals surface area (Å²) in [7, 11) is 4.69. The van der Waals surface area contributed by atoms with Crippen molar-refractivity contribution >= 4 is 23.0 Å². The lowest BCUT2D eigenvalue weighted by Crippen LogP contribution is -2.17. The summed E-state index contributed by atoms with van der Waals surface area (Å²) >= 11 is 0. The zero-order valence-corrected chi connectivity index (χ0v) is 18.0. The summed E-state index contributed by atoms with van der Waals surface area (Å²) < 4.78 is 15.8. The number of carbonyl (C=O) groups is 1. The molecular weight excluding hydrogens is 406 g/mol. The van der Waals surface area contributed by atoms with Crippen LogP contribution in [0.1, 0.15) is 15.9 Å². The van der Waals surface area contributed by atoms with E-state index in [1.165, 1.54) is 14.2 Å². The van der Waals surface area contributed by atoms with Crippen LogP contribution in [0.5, 0.6) is 17.2 Å². The van der Waals surface area contributed by atoms with Crippen LogP contribution in [0, 0.1) is 0 Å². The van der Waals surface area contributed by atoms with Gasteiger partial charge in [-0.05, 0) is 35.9 Å². The molecule has 0 aliphatic heterocycles. The number of hydrogen-bond donors (Lipinski definition) is 2. The first-order chi connectivity index (χ1) is 15.6. The first kappa shape index (κ1) is 21.0. The van der Waals surface area contributed by atoms with Crippen LogP contribution >= 0.6 is 0 Å². The number of nitrogens with zero attached hydrogens (tertiary/aromatic N) is 1. The second-order valence-electron chi connectivity index (χ2n) is 6.99. The first-order valence-corrected chi connectivity index (χ1v) is 9.94. The quantitative estimate of drug-likeness (QED) is 0.332. The lowest BCUT2D eigenvalue weighted by atomic mass is 10.1. The van der Waals surface area contributed by atoms with E-state index in [9.17, 15) is 4.79 Å². The molecule has 0 bridgehead atoms. The van der Waals surface area contributed by atoms with Gasteiger partial charge in [0.1, 0.15) is 17.2 Å². The Labute approximate surface area is 185 Å². The monoisotopic (exact) mass is 429 g/mol. The van der Waals surface area contributed by atoms with Crippen molar-refractivity contribution in [3.8, 4) is 28.5 Å². The standard InChI is InChI=1S/C25H23N3O4/c1-30-18-9-10-23-21(14-18)22(24(27-23)16-7-5-4-6-8-16)15-26-28-25(29)17-11-19(31-2)13-20(12-17)32-3/h4-15,27H,1-3H3,(H,28,29)/b26-15+. The van der Waals surface area contributed by atoms with Crippen molar-refractivity contribution < 1.29 is 19.0 Å². The first-order valence-electron chi connectivity index (χ1n) is 9.94. The minimum atomic E-state index is -0.378. The molecule has 0 saturated heterocycles. The highest BCUT2D eigenvalue weighted by Gasteiger charge is 2.13. The van der Waals surface area contributed by atoms with Crippen molar-refractivity contribution in [1.29, 1.82) is 0 Å². The van der Waals surface area contributed by atoms with Gasteiger partial charge in [-0.15, -0.1) is 0 Å². The lowest BCUT2D eigenvalue weighted by Gasteiger charge is -2.07. The van der Waals surface area contributed by atoms with Crippen LogP contribution in [0.4, 0.5) is 0 Å². The molecule has 32 heavy (non-hydrogen) atoms. The molecule has 0 aliphatic carbocycles. The maximum Gasteiger partial charge on any atom is 0.271 e.